The van der Waals surface area contributed by atoms with Gasteiger partial charge in [0.05, 0.1) is 6.10 Å². The van der Waals surface area contributed by atoms with Crippen molar-refractivity contribution in [2.24, 2.45) is 0 Å². The van der Waals surface area contributed by atoms with Gasteiger partial charge < -0.3 is 5.11 Å². The van der Waals surface area contributed by atoms with E-state index in [0.29, 0.717) is 12.8 Å². The van der Waals surface area contributed by atoms with Gasteiger partial charge in [0, 0.05) is 6.42 Å². The van der Waals surface area contributed by atoms with Crippen LogP contribution < -0.4 is 0 Å². The number of hydrogen-bond acceptors (Lipinski definition) is 2. The zero-order chi connectivity index (χ0) is 6.85. The van der Waals surface area contributed by atoms with Crippen LogP contribution >= 0.6 is 0 Å². The van der Waals surface area contributed by atoms with Crippen molar-refractivity contribution in [3.63, 3.8) is 0 Å². The molecule has 2 nitrogen and oxygen atoms in total. The van der Waals surface area contributed by atoms with Crippen molar-refractivity contribution in [1.82, 2.24) is 0 Å². The largest absolute Gasteiger partial charge is 0.392 e. The first-order valence-electron chi connectivity index (χ1n) is 3.06. The van der Waals surface area contributed by atoms with Crippen molar-refractivity contribution in [3.05, 3.63) is 11.6 Å². The topological polar surface area (TPSA) is 37.3 Å². The molecule has 0 fully saturated rings. The molecule has 0 amide bonds. The normalized spacial score (nSPS) is 28.0. The summed E-state index contributed by atoms with van der Waals surface area (Å²) in [6.45, 7) is 1.86. The second-order valence-corrected chi connectivity index (χ2v) is 2.52. The van der Waals surface area contributed by atoms with Crippen LogP contribution in [0.15, 0.2) is 11.6 Å². The number of aliphatic hydroxyl groups excluding tert-OH is 1. The first kappa shape index (κ1) is 6.49. The molecule has 50 valence electrons. The van der Waals surface area contributed by atoms with Crippen molar-refractivity contribution < 1.29 is 9.90 Å². The van der Waals surface area contributed by atoms with E-state index in [1.165, 1.54) is 0 Å². The minimum Gasteiger partial charge on any atom is -0.392 e. The van der Waals surface area contributed by atoms with E-state index in [1.54, 1.807) is 6.08 Å². The lowest BCUT2D eigenvalue weighted by molar-refractivity contribution is -0.116. The second kappa shape index (κ2) is 2.31. The van der Waals surface area contributed by atoms with Crippen molar-refractivity contribution in [3.8, 4) is 0 Å². The fourth-order valence-electron chi connectivity index (χ4n) is 1.07. The molecule has 1 atom stereocenters. The van der Waals surface area contributed by atoms with Crippen LogP contribution in [-0.4, -0.2) is 17.0 Å². The Labute approximate surface area is 54.2 Å². The summed E-state index contributed by atoms with van der Waals surface area (Å²) in [5.41, 5.74) is 0.985. The predicted molar refractivity (Wildman–Crippen MR) is 34.0 cm³/mol. The van der Waals surface area contributed by atoms with Gasteiger partial charge in [-0.05, 0) is 19.4 Å². The Morgan fingerprint density at radius 3 is 2.78 bits per heavy atom. The first-order chi connectivity index (χ1) is 4.18. The molecule has 1 aliphatic rings. The standard InChI is InChI=1S/C7H10O2/c1-5-2-6(8)4-7(9)3-5/h2,7,9H,3-4H2,1H3/t7-/m1/s1. The first-order valence-corrected chi connectivity index (χ1v) is 3.06. The fraction of sp³-hybridized carbons (Fsp3) is 0.571. The zero-order valence-electron chi connectivity index (χ0n) is 5.42. The van der Waals surface area contributed by atoms with Gasteiger partial charge in [0.1, 0.15) is 0 Å². The van der Waals surface area contributed by atoms with Gasteiger partial charge in [-0.2, -0.15) is 0 Å². The molecule has 0 bridgehead atoms. The molecule has 0 radical (unpaired) electrons. The van der Waals surface area contributed by atoms with Gasteiger partial charge >= 0.3 is 0 Å². The summed E-state index contributed by atoms with van der Waals surface area (Å²) in [4.78, 5) is 10.6. The Hall–Kier alpha value is -0.630. The summed E-state index contributed by atoms with van der Waals surface area (Å²) in [6.07, 6.45) is 2.14. The Morgan fingerprint density at radius 2 is 2.33 bits per heavy atom. The second-order valence-electron chi connectivity index (χ2n) is 2.52. The van der Waals surface area contributed by atoms with Gasteiger partial charge in [0.15, 0.2) is 5.78 Å². The van der Waals surface area contributed by atoms with Gasteiger partial charge in [-0.25, -0.2) is 0 Å². The number of allylic oxidation sites excluding steroid dienone is 1. The van der Waals surface area contributed by atoms with E-state index in [0.717, 1.165) is 5.57 Å². The van der Waals surface area contributed by atoms with E-state index >= 15 is 0 Å². The Morgan fingerprint density at radius 1 is 1.67 bits per heavy atom. The molecular formula is C7H10O2. The number of aliphatic hydroxyl groups is 1. The van der Waals surface area contributed by atoms with Crippen LogP contribution in [0.4, 0.5) is 0 Å². The Balaban J connectivity index is 2.67. The number of rotatable bonds is 0. The average Bonchev–Trinajstić information content (AvgIpc) is 1.59. The quantitative estimate of drug-likeness (QED) is 0.517. The lowest BCUT2D eigenvalue weighted by Gasteiger charge is -2.13. The molecule has 9 heavy (non-hydrogen) atoms. The maximum atomic E-state index is 10.6. The van der Waals surface area contributed by atoms with E-state index in [2.05, 4.69) is 0 Å². The van der Waals surface area contributed by atoms with Crippen molar-refractivity contribution >= 4 is 5.78 Å². The van der Waals surface area contributed by atoms with Crippen LogP contribution in [0.5, 0.6) is 0 Å². The minimum absolute atomic E-state index is 0.0475. The van der Waals surface area contributed by atoms with Gasteiger partial charge in [-0.15, -0.1) is 0 Å². The fourth-order valence-corrected chi connectivity index (χ4v) is 1.07. The smallest absolute Gasteiger partial charge is 0.158 e. The molecule has 1 N–H and O–H groups in total. The minimum atomic E-state index is -0.428. The van der Waals surface area contributed by atoms with Gasteiger partial charge in [0.2, 0.25) is 0 Å². The van der Waals surface area contributed by atoms with Crippen LogP contribution in [0, 0.1) is 0 Å². The highest BCUT2D eigenvalue weighted by atomic mass is 16.3. The van der Waals surface area contributed by atoms with Crippen molar-refractivity contribution in [2.75, 3.05) is 0 Å². The maximum absolute atomic E-state index is 10.6. The Kier molecular flexibility index (Phi) is 1.67. The molecular weight excluding hydrogens is 116 g/mol. The highest BCUT2D eigenvalue weighted by Crippen LogP contribution is 2.14. The van der Waals surface area contributed by atoms with E-state index in [1.807, 2.05) is 6.92 Å². The van der Waals surface area contributed by atoms with Gasteiger partial charge in [0.25, 0.3) is 0 Å². The van der Waals surface area contributed by atoms with Crippen molar-refractivity contribution in [1.29, 1.82) is 0 Å². The van der Waals surface area contributed by atoms with Crippen LogP contribution in [0.1, 0.15) is 19.8 Å². The molecule has 0 aliphatic heterocycles. The highest BCUT2D eigenvalue weighted by molar-refractivity contribution is 5.91. The van der Waals surface area contributed by atoms with E-state index < -0.39 is 6.10 Å². The molecule has 0 aromatic heterocycles. The van der Waals surface area contributed by atoms with E-state index in [-0.39, 0.29) is 5.78 Å². The molecule has 0 unspecified atom stereocenters. The molecule has 2 heteroatoms. The van der Waals surface area contributed by atoms with E-state index in [4.69, 9.17) is 5.11 Å². The van der Waals surface area contributed by atoms with Gasteiger partial charge in [-0.1, -0.05) is 5.57 Å². The summed E-state index contributed by atoms with van der Waals surface area (Å²) in [5.74, 6) is 0.0475. The number of carbonyl (C=O) groups is 1. The molecule has 1 rings (SSSR count). The summed E-state index contributed by atoms with van der Waals surface area (Å²) in [7, 11) is 0. The lowest BCUT2D eigenvalue weighted by Crippen LogP contribution is -2.17. The third kappa shape index (κ3) is 1.64. The molecule has 0 saturated heterocycles. The summed E-state index contributed by atoms with van der Waals surface area (Å²) < 4.78 is 0. The van der Waals surface area contributed by atoms with Crippen molar-refractivity contribution in [2.45, 2.75) is 25.9 Å². The van der Waals surface area contributed by atoms with Gasteiger partial charge in [-0.3, -0.25) is 4.79 Å². The SMILES string of the molecule is CC1=CC(=O)C[C@H](O)C1. The Bertz CT molecular complexity index is 158. The third-order valence-electron chi connectivity index (χ3n) is 1.40. The lowest BCUT2D eigenvalue weighted by atomic mass is 9.97. The van der Waals surface area contributed by atoms with E-state index in [9.17, 15) is 4.79 Å². The molecule has 0 spiro atoms. The summed E-state index contributed by atoms with van der Waals surface area (Å²) >= 11 is 0. The molecule has 1 aliphatic carbocycles. The molecule has 0 aromatic carbocycles. The van der Waals surface area contributed by atoms with Crippen LogP contribution in [0.25, 0.3) is 0 Å². The van der Waals surface area contributed by atoms with Crippen LogP contribution in [-0.2, 0) is 4.79 Å². The third-order valence-corrected chi connectivity index (χ3v) is 1.40. The molecule has 0 heterocycles. The van der Waals surface area contributed by atoms with Crippen LogP contribution in [0.2, 0.25) is 0 Å². The zero-order valence-corrected chi connectivity index (χ0v) is 5.42. The number of ketones is 1. The highest BCUT2D eigenvalue weighted by Gasteiger charge is 2.14. The monoisotopic (exact) mass is 126 g/mol. The predicted octanol–water partition coefficient (Wildman–Crippen LogP) is 0.657. The summed E-state index contributed by atoms with van der Waals surface area (Å²) in [6, 6.07) is 0. The average molecular weight is 126 g/mol. The number of carbonyl (C=O) groups excluding carboxylic acids is 1. The molecule has 0 aromatic rings. The number of hydrogen-bond donors (Lipinski definition) is 1. The molecule has 0 saturated carbocycles. The van der Waals surface area contributed by atoms with Crippen LogP contribution in [0.3, 0.4) is 0 Å². The summed E-state index contributed by atoms with van der Waals surface area (Å²) in [5, 5.41) is 8.99. The maximum Gasteiger partial charge on any atom is 0.158 e.